The summed E-state index contributed by atoms with van der Waals surface area (Å²) in [6, 6.07) is 20.7. The molecular weight excluding hydrogens is 733 g/mol. The first-order chi connectivity index (χ1) is 29.8. The van der Waals surface area contributed by atoms with Gasteiger partial charge >= 0.3 is 0 Å². The van der Waals surface area contributed by atoms with Gasteiger partial charge in [-0.05, 0) is 72.5 Å². The standard InChI is InChI=1S/C56H88N2O2/c1-3-5-7-9-11-13-15-17-19-21-23-25-27-29-31-33-49-59-55-45-37-51(38-46-55)35-41-53-43-44-54(58-57-53)42-36-52-39-47-56(48-40-52)60-50-34-32-30-28-26-24-22-20-18-16-14-12-10-8-6-4-2/h35-48H,3-34,49-50H2,1-2H3/b41-35+,42-36+. The molecule has 0 bridgehead atoms. The van der Waals surface area contributed by atoms with Gasteiger partial charge in [-0.15, -0.1) is 0 Å². The van der Waals surface area contributed by atoms with Gasteiger partial charge in [0.05, 0.1) is 24.6 Å². The second-order valence-corrected chi connectivity index (χ2v) is 17.5. The smallest absolute Gasteiger partial charge is 0.119 e. The highest BCUT2D eigenvalue weighted by molar-refractivity contribution is 5.70. The van der Waals surface area contributed by atoms with Gasteiger partial charge in [0.1, 0.15) is 11.5 Å². The average molecular weight is 821 g/mol. The molecule has 3 aromatic rings. The minimum atomic E-state index is 0.795. The van der Waals surface area contributed by atoms with Gasteiger partial charge in [0.25, 0.3) is 0 Å². The number of hydrogen-bond acceptors (Lipinski definition) is 4. The summed E-state index contributed by atoms with van der Waals surface area (Å²) in [6.45, 7) is 6.18. The fourth-order valence-corrected chi connectivity index (χ4v) is 7.92. The number of aromatic nitrogens is 2. The van der Waals surface area contributed by atoms with Gasteiger partial charge in [0.2, 0.25) is 0 Å². The molecule has 0 aliphatic rings. The second-order valence-electron chi connectivity index (χ2n) is 17.5. The van der Waals surface area contributed by atoms with Crippen LogP contribution in [0.25, 0.3) is 24.3 Å². The van der Waals surface area contributed by atoms with E-state index < -0.39 is 0 Å². The summed E-state index contributed by atoms with van der Waals surface area (Å²) in [5, 5.41) is 8.82. The molecule has 60 heavy (non-hydrogen) atoms. The molecule has 0 aliphatic heterocycles. The Hall–Kier alpha value is -3.40. The molecule has 0 radical (unpaired) electrons. The lowest BCUT2D eigenvalue weighted by Crippen LogP contribution is -1.97. The van der Waals surface area contributed by atoms with E-state index in [1.54, 1.807) is 0 Å². The van der Waals surface area contributed by atoms with E-state index in [4.69, 9.17) is 9.47 Å². The normalized spacial score (nSPS) is 11.6. The fraction of sp³-hybridized carbons (Fsp3) is 0.643. The van der Waals surface area contributed by atoms with Crippen LogP contribution in [0, 0.1) is 0 Å². The van der Waals surface area contributed by atoms with Crippen molar-refractivity contribution in [3.8, 4) is 11.5 Å². The van der Waals surface area contributed by atoms with E-state index in [-0.39, 0.29) is 0 Å². The number of hydrogen-bond donors (Lipinski definition) is 0. The van der Waals surface area contributed by atoms with E-state index in [0.717, 1.165) is 60.1 Å². The first kappa shape index (κ1) is 51.0. The van der Waals surface area contributed by atoms with Crippen LogP contribution in [0.5, 0.6) is 11.5 Å². The Balaban J connectivity index is 1.15. The summed E-state index contributed by atoms with van der Waals surface area (Å²) in [7, 11) is 0. The van der Waals surface area contributed by atoms with Crippen molar-refractivity contribution in [2.45, 2.75) is 219 Å². The number of rotatable bonds is 40. The van der Waals surface area contributed by atoms with Crippen LogP contribution in [-0.2, 0) is 0 Å². The van der Waals surface area contributed by atoms with Crippen molar-refractivity contribution in [3.63, 3.8) is 0 Å². The van der Waals surface area contributed by atoms with E-state index in [1.807, 2.05) is 24.3 Å². The average Bonchev–Trinajstić information content (AvgIpc) is 3.28. The van der Waals surface area contributed by atoms with Crippen molar-refractivity contribution < 1.29 is 9.47 Å². The van der Waals surface area contributed by atoms with Crippen LogP contribution in [0.3, 0.4) is 0 Å². The Morgan fingerprint density at radius 3 is 0.800 bits per heavy atom. The molecule has 3 rings (SSSR count). The fourth-order valence-electron chi connectivity index (χ4n) is 7.92. The maximum Gasteiger partial charge on any atom is 0.119 e. The van der Waals surface area contributed by atoms with Crippen LogP contribution in [0.2, 0.25) is 0 Å². The second kappa shape index (κ2) is 37.4. The molecule has 4 heteroatoms. The minimum Gasteiger partial charge on any atom is -0.494 e. The van der Waals surface area contributed by atoms with Crippen LogP contribution in [0.4, 0.5) is 0 Å². The molecule has 0 atom stereocenters. The number of benzene rings is 2. The first-order valence-corrected chi connectivity index (χ1v) is 25.4. The summed E-state index contributed by atoms with van der Waals surface area (Å²) in [4.78, 5) is 0. The Kier molecular flexibility index (Phi) is 31.7. The van der Waals surface area contributed by atoms with E-state index >= 15 is 0 Å². The zero-order chi connectivity index (χ0) is 42.2. The summed E-state index contributed by atoms with van der Waals surface area (Å²) < 4.78 is 12.0. The molecule has 0 saturated carbocycles. The SMILES string of the molecule is CCCCCCCCCCCCCCCCCCOc1ccc(/C=C/c2ccc(/C=C/c3ccc(OCCCCCCCCCCCCCCCCCC)cc3)nn2)cc1. The minimum absolute atomic E-state index is 0.795. The van der Waals surface area contributed by atoms with Crippen LogP contribution in [0.1, 0.15) is 242 Å². The maximum atomic E-state index is 6.01. The lowest BCUT2D eigenvalue weighted by molar-refractivity contribution is 0.304. The third-order valence-electron chi connectivity index (χ3n) is 11.9. The molecule has 2 aromatic carbocycles. The third kappa shape index (κ3) is 28.2. The summed E-state index contributed by atoms with van der Waals surface area (Å²) in [6.07, 6.45) is 52.5. The van der Waals surface area contributed by atoms with Gasteiger partial charge in [-0.1, -0.05) is 243 Å². The maximum absolute atomic E-state index is 6.01. The molecule has 0 N–H and O–H groups in total. The quantitative estimate of drug-likeness (QED) is 0.0536. The van der Waals surface area contributed by atoms with Gasteiger partial charge in [0.15, 0.2) is 0 Å². The first-order valence-electron chi connectivity index (χ1n) is 25.4. The monoisotopic (exact) mass is 821 g/mol. The van der Waals surface area contributed by atoms with E-state index in [1.165, 1.54) is 193 Å². The van der Waals surface area contributed by atoms with Crippen molar-refractivity contribution in [2.75, 3.05) is 13.2 Å². The van der Waals surface area contributed by atoms with Crippen molar-refractivity contribution in [1.29, 1.82) is 0 Å². The predicted octanol–water partition coefficient (Wildman–Crippen LogP) is 18.1. The van der Waals surface area contributed by atoms with Crippen LogP contribution < -0.4 is 9.47 Å². The molecule has 0 fully saturated rings. The highest BCUT2D eigenvalue weighted by Crippen LogP contribution is 2.19. The van der Waals surface area contributed by atoms with Gasteiger partial charge in [0, 0.05) is 0 Å². The summed E-state index contributed by atoms with van der Waals surface area (Å²) in [5.74, 6) is 1.88. The van der Waals surface area contributed by atoms with Crippen molar-refractivity contribution in [1.82, 2.24) is 10.2 Å². The van der Waals surface area contributed by atoms with Gasteiger partial charge in [-0.25, -0.2) is 0 Å². The molecule has 4 nitrogen and oxygen atoms in total. The van der Waals surface area contributed by atoms with Crippen LogP contribution in [0.15, 0.2) is 60.7 Å². The Labute approximate surface area is 369 Å². The van der Waals surface area contributed by atoms with Gasteiger partial charge in [-0.3, -0.25) is 0 Å². The van der Waals surface area contributed by atoms with Crippen LogP contribution >= 0.6 is 0 Å². The lowest BCUT2D eigenvalue weighted by atomic mass is 10.0. The largest absolute Gasteiger partial charge is 0.494 e. The number of ether oxygens (including phenoxy) is 2. The molecule has 334 valence electrons. The molecule has 0 unspecified atom stereocenters. The van der Waals surface area contributed by atoms with Crippen molar-refractivity contribution in [3.05, 3.63) is 83.2 Å². The molecule has 0 amide bonds. The highest BCUT2D eigenvalue weighted by Gasteiger charge is 2.00. The summed E-state index contributed by atoms with van der Waals surface area (Å²) >= 11 is 0. The molecule has 1 aromatic heterocycles. The third-order valence-corrected chi connectivity index (χ3v) is 11.9. The Morgan fingerprint density at radius 1 is 0.300 bits per heavy atom. The Bertz CT molecular complexity index is 1320. The van der Waals surface area contributed by atoms with Gasteiger partial charge < -0.3 is 9.47 Å². The van der Waals surface area contributed by atoms with Crippen molar-refractivity contribution in [2.24, 2.45) is 0 Å². The van der Waals surface area contributed by atoms with E-state index in [2.05, 4.69) is 84.7 Å². The zero-order valence-electron chi connectivity index (χ0n) is 38.8. The molecule has 0 saturated heterocycles. The number of nitrogens with zero attached hydrogens (tertiary/aromatic N) is 2. The predicted molar refractivity (Wildman–Crippen MR) is 263 cm³/mol. The number of unbranched alkanes of at least 4 members (excludes halogenated alkanes) is 30. The lowest BCUT2D eigenvalue weighted by Gasteiger charge is -2.07. The van der Waals surface area contributed by atoms with E-state index in [0.29, 0.717) is 0 Å². The summed E-state index contributed by atoms with van der Waals surface area (Å²) in [5.41, 5.74) is 3.91. The van der Waals surface area contributed by atoms with E-state index in [9.17, 15) is 0 Å². The highest BCUT2D eigenvalue weighted by atomic mass is 16.5. The molecule has 0 aliphatic carbocycles. The molecule has 0 spiro atoms. The topological polar surface area (TPSA) is 44.2 Å². The van der Waals surface area contributed by atoms with Crippen LogP contribution in [-0.4, -0.2) is 23.4 Å². The zero-order valence-corrected chi connectivity index (χ0v) is 38.8. The van der Waals surface area contributed by atoms with Gasteiger partial charge in [-0.2, -0.15) is 10.2 Å². The molecule has 1 heterocycles. The molecular formula is C56H88N2O2. The Morgan fingerprint density at radius 2 is 0.550 bits per heavy atom. The van der Waals surface area contributed by atoms with Crippen molar-refractivity contribution >= 4 is 24.3 Å².